The second-order valence-electron chi connectivity index (χ2n) is 10.7. The number of aryl methyl sites for hydroxylation is 3. The van der Waals surface area contributed by atoms with E-state index in [1.54, 1.807) is 0 Å². The Hall–Kier alpha value is -1.84. The lowest BCUT2D eigenvalue weighted by molar-refractivity contribution is 0.0560. The highest BCUT2D eigenvalue weighted by molar-refractivity contribution is 5.47. The average molecular weight is 454 g/mol. The van der Waals surface area contributed by atoms with Crippen molar-refractivity contribution in [3.63, 3.8) is 0 Å². The van der Waals surface area contributed by atoms with Crippen LogP contribution in [0.3, 0.4) is 0 Å². The maximum Gasteiger partial charge on any atom is 0.122 e. The Morgan fingerprint density at radius 3 is 2.03 bits per heavy atom. The summed E-state index contributed by atoms with van der Waals surface area (Å²) < 4.78 is 6.01. The van der Waals surface area contributed by atoms with Gasteiger partial charge in [0.15, 0.2) is 0 Å². The summed E-state index contributed by atoms with van der Waals surface area (Å²) in [6, 6.07) is 13.7. The summed E-state index contributed by atoms with van der Waals surface area (Å²) in [7, 11) is 0. The van der Waals surface area contributed by atoms with Crippen LogP contribution in [-0.2, 0) is 11.8 Å². The number of unbranched alkanes of at least 4 members (excludes halogenated alkanes) is 1. The monoisotopic (exact) mass is 453 g/mol. The van der Waals surface area contributed by atoms with Gasteiger partial charge in [0.2, 0.25) is 0 Å². The van der Waals surface area contributed by atoms with Crippen molar-refractivity contribution in [2.45, 2.75) is 98.5 Å². The topological polar surface area (TPSA) is 55.5 Å². The van der Waals surface area contributed by atoms with Gasteiger partial charge in [0, 0.05) is 5.41 Å². The quantitative estimate of drug-likeness (QED) is 0.345. The molecule has 0 bridgehead atoms. The summed E-state index contributed by atoms with van der Waals surface area (Å²) in [6.45, 7) is 16.7. The van der Waals surface area contributed by atoms with E-state index >= 15 is 0 Å². The first-order valence-corrected chi connectivity index (χ1v) is 12.8. The lowest BCUT2D eigenvalue weighted by Gasteiger charge is -2.34. The Kier molecular flexibility index (Phi) is 10.00. The maximum atomic E-state index is 10.5. The molecule has 0 fully saturated rings. The number of ether oxygens (including phenoxy) is 1. The Morgan fingerprint density at radius 2 is 1.52 bits per heavy atom. The highest BCUT2D eigenvalue weighted by Gasteiger charge is 2.31. The van der Waals surface area contributed by atoms with E-state index in [4.69, 9.17) is 10.5 Å². The van der Waals surface area contributed by atoms with Crippen LogP contribution in [0.15, 0.2) is 36.4 Å². The molecule has 1 atom stereocenters. The normalized spacial score (nSPS) is 13.2. The number of nitrogens with two attached hydrogens (primary N) is 1. The minimum Gasteiger partial charge on any atom is -0.493 e. The van der Waals surface area contributed by atoms with Gasteiger partial charge >= 0.3 is 0 Å². The molecule has 0 aliphatic heterocycles. The highest BCUT2D eigenvalue weighted by atomic mass is 16.5. The fraction of sp³-hybridized carbons (Fsp3) is 0.600. The fourth-order valence-corrected chi connectivity index (χ4v) is 4.77. The molecule has 1 unspecified atom stereocenters. The van der Waals surface area contributed by atoms with E-state index in [0.29, 0.717) is 13.2 Å². The molecule has 2 aromatic carbocycles. The van der Waals surface area contributed by atoms with Gasteiger partial charge in [0.25, 0.3) is 0 Å². The van der Waals surface area contributed by atoms with E-state index in [9.17, 15) is 5.11 Å². The SMILES string of the molecule is CCC(CC)(c1ccc(CCC(O)C(C)(C)C)c(C)c1)c1ccc(OCCCCN)c(C)c1. The number of aliphatic hydroxyl groups is 1. The van der Waals surface area contributed by atoms with Gasteiger partial charge in [-0.05, 0) is 98.2 Å². The standard InChI is InChI=1S/C30H47NO2/c1-8-30(9-2,26-15-16-27(23(4)21-26)33-19-11-10-18-31)25-14-12-24(22(3)20-25)13-17-28(32)29(5,6)7/h12,14-16,20-21,28,32H,8-11,13,17-19,31H2,1-7H3. The molecule has 3 N–H and O–H groups in total. The van der Waals surface area contributed by atoms with E-state index < -0.39 is 0 Å². The molecule has 0 aliphatic rings. The van der Waals surface area contributed by atoms with Crippen molar-refractivity contribution in [1.29, 1.82) is 0 Å². The van der Waals surface area contributed by atoms with Gasteiger partial charge in [0.05, 0.1) is 12.7 Å². The Morgan fingerprint density at radius 1 is 0.909 bits per heavy atom. The maximum absolute atomic E-state index is 10.5. The predicted molar refractivity (Wildman–Crippen MR) is 141 cm³/mol. The lowest BCUT2D eigenvalue weighted by atomic mass is 9.69. The smallest absolute Gasteiger partial charge is 0.122 e. The Bertz CT molecular complexity index is 877. The molecule has 0 heterocycles. The first-order chi connectivity index (χ1) is 15.6. The van der Waals surface area contributed by atoms with Gasteiger partial charge in [0.1, 0.15) is 5.75 Å². The van der Waals surface area contributed by atoms with Gasteiger partial charge in [-0.25, -0.2) is 0 Å². The molecule has 0 saturated carbocycles. The van der Waals surface area contributed by atoms with Crippen LogP contribution < -0.4 is 10.5 Å². The minimum absolute atomic E-state index is 0.0168. The molecule has 3 nitrogen and oxygen atoms in total. The molecule has 3 heteroatoms. The molecule has 0 spiro atoms. The van der Waals surface area contributed by atoms with E-state index in [2.05, 4.69) is 84.9 Å². The van der Waals surface area contributed by atoms with Crippen LogP contribution in [0.5, 0.6) is 5.75 Å². The van der Waals surface area contributed by atoms with E-state index in [-0.39, 0.29) is 16.9 Å². The number of hydrogen-bond donors (Lipinski definition) is 2. The highest BCUT2D eigenvalue weighted by Crippen LogP contribution is 2.41. The summed E-state index contributed by atoms with van der Waals surface area (Å²) in [5.74, 6) is 0.973. The zero-order valence-electron chi connectivity index (χ0n) is 22.1. The third kappa shape index (κ3) is 6.83. The summed E-state index contributed by atoms with van der Waals surface area (Å²) in [4.78, 5) is 0. The number of aliphatic hydroxyl groups excluding tert-OH is 1. The molecule has 0 amide bonds. The van der Waals surface area contributed by atoms with Crippen LogP contribution >= 0.6 is 0 Å². The zero-order chi connectivity index (χ0) is 24.6. The van der Waals surface area contributed by atoms with Crippen LogP contribution in [0, 0.1) is 19.3 Å². The second kappa shape index (κ2) is 12.0. The molecule has 2 rings (SSSR count). The summed E-state index contributed by atoms with van der Waals surface area (Å²) in [6.07, 6.45) is 5.48. The van der Waals surface area contributed by atoms with Crippen molar-refractivity contribution in [3.05, 3.63) is 64.2 Å². The van der Waals surface area contributed by atoms with Gasteiger partial charge in [-0.3, -0.25) is 0 Å². The van der Waals surface area contributed by atoms with Crippen LogP contribution in [0.4, 0.5) is 0 Å². The molecular weight excluding hydrogens is 406 g/mol. The van der Waals surface area contributed by atoms with Crippen molar-refractivity contribution in [1.82, 2.24) is 0 Å². The third-order valence-corrected chi connectivity index (χ3v) is 7.37. The zero-order valence-corrected chi connectivity index (χ0v) is 22.1. The first kappa shape index (κ1) is 27.4. The van der Waals surface area contributed by atoms with Crippen LogP contribution in [0.25, 0.3) is 0 Å². The van der Waals surface area contributed by atoms with Crippen molar-refractivity contribution < 1.29 is 9.84 Å². The molecule has 0 radical (unpaired) electrons. The number of hydrogen-bond acceptors (Lipinski definition) is 3. The minimum atomic E-state index is -0.291. The predicted octanol–water partition coefficient (Wildman–Crippen LogP) is 6.87. The molecule has 0 saturated heterocycles. The van der Waals surface area contributed by atoms with E-state index in [1.165, 1.54) is 27.8 Å². The number of rotatable bonds is 12. The molecule has 33 heavy (non-hydrogen) atoms. The van der Waals surface area contributed by atoms with Crippen molar-refractivity contribution in [2.75, 3.05) is 13.2 Å². The lowest BCUT2D eigenvalue weighted by Crippen LogP contribution is -2.27. The molecule has 0 aliphatic carbocycles. The van der Waals surface area contributed by atoms with E-state index in [1.807, 2.05) is 0 Å². The van der Waals surface area contributed by atoms with Crippen molar-refractivity contribution in [2.24, 2.45) is 11.1 Å². The molecular formula is C30H47NO2. The van der Waals surface area contributed by atoms with Gasteiger partial charge in [-0.15, -0.1) is 0 Å². The van der Waals surface area contributed by atoms with Crippen molar-refractivity contribution in [3.8, 4) is 5.75 Å². The van der Waals surface area contributed by atoms with Crippen LogP contribution in [-0.4, -0.2) is 24.4 Å². The van der Waals surface area contributed by atoms with Crippen LogP contribution in [0.1, 0.15) is 94.5 Å². The molecule has 2 aromatic rings. The van der Waals surface area contributed by atoms with Crippen molar-refractivity contribution >= 4 is 0 Å². The number of benzene rings is 2. The summed E-state index contributed by atoms with van der Waals surface area (Å²) in [5.41, 5.74) is 12.1. The van der Waals surface area contributed by atoms with Gasteiger partial charge in [-0.2, -0.15) is 0 Å². The van der Waals surface area contributed by atoms with Gasteiger partial charge < -0.3 is 15.6 Å². The van der Waals surface area contributed by atoms with Gasteiger partial charge in [-0.1, -0.05) is 65.0 Å². The fourth-order valence-electron chi connectivity index (χ4n) is 4.77. The summed E-state index contributed by atoms with van der Waals surface area (Å²) in [5, 5.41) is 10.5. The average Bonchev–Trinajstić information content (AvgIpc) is 2.77. The Labute approximate surface area is 202 Å². The second-order valence-corrected chi connectivity index (χ2v) is 10.7. The first-order valence-electron chi connectivity index (χ1n) is 12.8. The Balaban J connectivity index is 2.27. The van der Waals surface area contributed by atoms with E-state index in [0.717, 1.165) is 44.3 Å². The van der Waals surface area contributed by atoms with Crippen LogP contribution in [0.2, 0.25) is 0 Å². The molecule has 0 aromatic heterocycles. The summed E-state index contributed by atoms with van der Waals surface area (Å²) >= 11 is 0. The third-order valence-electron chi connectivity index (χ3n) is 7.37. The molecule has 184 valence electrons. The largest absolute Gasteiger partial charge is 0.493 e.